The second kappa shape index (κ2) is 4.66. The predicted octanol–water partition coefficient (Wildman–Crippen LogP) is 3.38. The maximum Gasteiger partial charge on any atom is 0.396 e. The van der Waals surface area contributed by atoms with E-state index in [1.54, 1.807) is 24.3 Å². The molecule has 1 unspecified atom stereocenters. The lowest BCUT2D eigenvalue weighted by molar-refractivity contribution is -0.193. The fourth-order valence-electron chi connectivity index (χ4n) is 1.54. The lowest BCUT2D eigenvalue weighted by Crippen LogP contribution is -2.29. The van der Waals surface area contributed by atoms with Crippen molar-refractivity contribution < 1.29 is 21.6 Å². The lowest BCUT2D eigenvalue weighted by Gasteiger charge is -2.18. The van der Waals surface area contributed by atoms with Crippen molar-refractivity contribution in [2.24, 2.45) is 5.41 Å². The molecule has 1 aromatic rings. The number of rotatable bonds is 4. The van der Waals surface area contributed by atoms with Crippen LogP contribution in [0.2, 0.25) is 0 Å². The minimum absolute atomic E-state index is 0.0571. The van der Waals surface area contributed by atoms with Crippen molar-refractivity contribution in [3.8, 4) is 0 Å². The van der Waals surface area contributed by atoms with Crippen LogP contribution in [0.25, 0.3) is 0 Å². The van der Waals surface area contributed by atoms with Crippen LogP contribution < -0.4 is 0 Å². The Hall–Kier alpha value is -0.880. The molecule has 18 heavy (non-hydrogen) atoms. The highest BCUT2D eigenvalue weighted by Crippen LogP contribution is 2.57. The van der Waals surface area contributed by atoms with Gasteiger partial charge in [-0.1, -0.05) is 17.7 Å². The summed E-state index contributed by atoms with van der Waals surface area (Å²) in [6.07, 6.45) is -4.16. The van der Waals surface area contributed by atoms with Gasteiger partial charge in [0.05, 0.1) is 16.9 Å². The van der Waals surface area contributed by atoms with E-state index < -0.39 is 29.3 Å². The van der Waals surface area contributed by atoms with Crippen LogP contribution in [-0.2, 0) is 15.3 Å². The molecule has 1 fully saturated rings. The van der Waals surface area contributed by atoms with Crippen LogP contribution in [-0.4, -0.2) is 17.0 Å². The van der Waals surface area contributed by atoms with Gasteiger partial charge in [-0.2, -0.15) is 13.2 Å². The molecule has 0 saturated heterocycles. The maximum atomic E-state index is 12.6. The van der Waals surface area contributed by atoms with Crippen molar-refractivity contribution in [3.63, 3.8) is 0 Å². The smallest absolute Gasteiger partial charge is 0.286 e. The standard InChI is InChI=1S/C12H13F3O2S/c1-9-2-4-10(5-3-9)18(16)17-8-11(6-7-11)12(13,14)15/h2-5H,6-8H2,1H3. The number of aryl methyl sites for hydroxylation is 1. The maximum absolute atomic E-state index is 12.6. The third kappa shape index (κ3) is 2.75. The fourth-order valence-corrected chi connectivity index (χ4v) is 2.37. The summed E-state index contributed by atoms with van der Waals surface area (Å²) in [5.41, 5.74) is -0.780. The van der Waals surface area contributed by atoms with Gasteiger partial charge in [0.1, 0.15) is 0 Å². The molecule has 2 rings (SSSR count). The molecule has 0 heterocycles. The Morgan fingerprint density at radius 1 is 1.28 bits per heavy atom. The predicted molar refractivity (Wildman–Crippen MR) is 61.3 cm³/mol. The van der Waals surface area contributed by atoms with Gasteiger partial charge < -0.3 is 0 Å². The molecule has 1 atom stereocenters. The molecule has 1 aliphatic rings. The number of halogens is 3. The van der Waals surface area contributed by atoms with E-state index in [-0.39, 0.29) is 12.8 Å². The van der Waals surface area contributed by atoms with E-state index in [0.29, 0.717) is 4.90 Å². The molecule has 100 valence electrons. The minimum atomic E-state index is -4.27. The van der Waals surface area contributed by atoms with Crippen molar-refractivity contribution in [2.45, 2.75) is 30.8 Å². The summed E-state index contributed by atoms with van der Waals surface area (Å²) >= 11 is -1.83. The Balaban J connectivity index is 1.95. The number of alkyl halides is 3. The van der Waals surface area contributed by atoms with Crippen molar-refractivity contribution in [2.75, 3.05) is 6.61 Å². The Morgan fingerprint density at radius 2 is 1.83 bits per heavy atom. The van der Waals surface area contributed by atoms with Gasteiger partial charge in [0, 0.05) is 0 Å². The van der Waals surface area contributed by atoms with Gasteiger partial charge in [-0.15, -0.1) is 0 Å². The summed E-state index contributed by atoms with van der Waals surface area (Å²) < 4.78 is 54.4. The highest BCUT2D eigenvalue weighted by molar-refractivity contribution is 7.80. The topological polar surface area (TPSA) is 26.3 Å². The van der Waals surface area contributed by atoms with Gasteiger partial charge in [-0.05, 0) is 31.9 Å². The van der Waals surface area contributed by atoms with E-state index in [1.807, 2.05) is 6.92 Å². The number of hydrogen-bond acceptors (Lipinski definition) is 2. The molecule has 0 N–H and O–H groups in total. The second-order valence-corrected chi connectivity index (χ2v) is 5.76. The summed E-state index contributed by atoms with van der Waals surface area (Å²) in [4.78, 5) is 0.388. The van der Waals surface area contributed by atoms with Crippen LogP contribution in [0.4, 0.5) is 13.2 Å². The van der Waals surface area contributed by atoms with Crippen molar-refractivity contribution in [3.05, 3.63) is 29.8 Å². The molecule has 2 nitrogen and oxygen atoms in total. The van der Waals surface area contributed by atoms with Crippen molar-refractivity contribution >= 4 is 11.1 Å². The zero-order valence-corrected chi connectivity index (χ0v) is 10.6. The van der Waals surface area contributed by atoms with Gasteiger partial charge in [0.15, 0.2) is 11.1 Å². The van der Waals surface area contributed by atoms with E-state index in [1.165, 1.54) is 0 Å². The first-order chi connectivity index (χ1) is 8.34. The average molecular weight is 278 g/mol. The van der Waals surface area contributed by atoms with E-state index >= 15 is 0 Å². The van der Waals surface area contributed by atoms with E-state index in [9.17, 15) is 17.4 Å². The van der Waals surface area contributed by atoms with Gasteiger partial charge in [-0.25, -0.2) is 4.21 Å². The van der Waals surface area contributed by atoms with Crippen LogP contribution in [0.3, 0.4) is 0 Å². The Bertz CT molecular complexity index is 449. The monoisotopic (exact) mass is 278 g/mol. The highest BCUT2D eigenvalue weighted by atomic mass is 32.2. The molecule has 6 heteroatoms. The third-order valence-electron chi connectivity index (χ3n) is 3.11. The van der Waals surface area contributed by atoms with Gasteiger partial charge in [0.2, 0.25) is 0 Å². The summed E-state index contributed by atoms with van der Waals surface area (Å²) in [5, 5.41) is 0. The largest absolute Gasteiger partial charge is 0.396 e. The Labute approximate surface area is 106 Å². The third-order valence-corrected chi connectivity index (χ3v) is 4.10. The first kappa shape index (κ1) is 13.5. The SMILES string of the molecule is Cc1ccc(S(=O)OCC2(C(F)(F)F)CC2)cc1. The second-order valence-electron chi connectivity index (χ2n) is 4.59. The molecular formula is C12H13F3O2S. The molecule has 1 aromatic carbocycles. The van der Waals surface area contributed by atoms with E-state index in [0.717, 1.165) is 5.56 Å². The molecule has 0 amide bonds. The van der Waals surface area contributed by atoms with Crippen LogP contribution >= 0.6 is 0 Å². The van der Waals surface area contributed by atoms with Crippen molar-refractivity contribution in [1.29, 1.82) is 0 Å². The van der Waals surface area contributed by atoms with E-state index in [2.05, 4.69) is 0 Å². The van der Waals surface area contributed by atoms with Gasteiger partial charge >= 0.3 is 6.18 Å². The van der Waals surface area contributed by atoms with Crippen LogP contribution in [0.5, 0.6) is 0 Å². The number of hydrogen-bond donors (Lipinski definition) is 0. The summed E-state index contributed by atoms with van der Waals surface area (Å²) in [5.74, 6) is 0. The van der Waals surface area contributed by atoms with Crippen molar-refractivity contribution in [1.82, 2.24) is 0 Å². The van der Waals surface area contributed by atoms with Crippen LogP contribution in [0.15, 0.2) is 29.2 Å². The number of benzene rings is 1. The molecule has 1 saturated carbocycles. The van der Waals surface area contributed by atoms with Crippen LogP contribution in [0.1, 0.15) is 18.4 Å². The molecule has 1 aliphatic carbocycles. The Kier molecular flexibility index (Phi) is 3.51. The molecular weight excluding hydrogens is 265 g/mol. The van der Waals surface area contributed by atoms with Gasteiger partial charge in [0.25, 0.3) is 0 Å². The Morgan fingerprint density at radius 3 is 2.28 bits per heavy atom. The molecule has 0 aliphatic heterocycles. The molecule has 0 radical (unpaired) electrons. The summed E-state index contributed by atoms with van der Waals surface area (Å²) in [7, 11) is 0. The van der Waals surface area contributed by atoms with E-state index in [4.69, 9.17) is 4.18 Å². The zero-order chi connectivity index (χ0) is 13.4. The quantitative estimate of drug-likeness (QED) is 0.844. The summed E-state index contributed by atoms with van der Waals surface area (Å²) in [6.45, 7) is 1.34. The normalized spacial score (nSPS) is 19.6. The highest BCUT2D eigenvalue weighted by Gasteiger charge is 2.63. The van der Waals surface area contributed by atoms with Gasteiger partial charge in [-0.3, -0.25) is 4.18 Å². The average Bonchev–Trinajstić information content (AvgIpc) is 3.07. The fraction of sp³-hybridized carbons (Fsp3) is 0.500. The summed E-state index contributed by atoms with van der Waals surface area (Å²) in [6, 6.07) is 6.68. The first-order valence-electron chi connectivity index (χ1n) is 5.53. The van der Waals surface area contributed by atoms with Crippen LogP contribution in [0, 0.1) is 12.3 Å². The first-order valence-corrected chi connectivity index (χ1v) is 6.60. The molecule has 0 aromatic heterocycles. The minimum Gasteiger partial charge on any atom is -0.286 e. The molecule has 0 bridgehead atoms. The lowest BCUT2D eigenvalue weighted by atomic mass is 10.1. The molecule has 0 spiro atoms. The zero-order valence-electron chi connectivity index (χ0n) is 9.79.